The molecule has 102 valence electrons. The van der Waals surface area contributed by atoms with Gasteiger partial charge in [0.2, 0.25) is 5.91 Å². The molecule has 1 heterocycles. The van der Waals surface area contributed by atoms with Crippen LogP contribution >= 0.6 is 0 Å². The maximum Gasteiger partial charge on any atom is 0.237 e. The third-order valence-electron chi connectivity index (χ3n) is 3.30. The van der Waals surface area contributed by atoms with E-state index in [0.717, 1.165) is 30.5 Å². The molecule has 0 aliphatic rings. The Morgan fingerprint density at radius 3 is 2.78 bits per heavy atom. The molecule has 0 bridgehead atoms. The topological polar surface area (TPSA) is 72.9 Å². The summed E-state index contributed by atoms with van der Waals surface area (Å²) in [4.78, 5) is 11.9. The molecule has 0 saturated heterocycles. The number of rotatable bonds is 6. The van der Waals surface area contributed by atoms with Crippen LogP contribution in [-0.4, -0.2) is 21.7 Å². The van der Waals surface area contributed by atoms with Crippen molar-refractivity contribution in [3.63, 3.8) is 0 Å². The van der Waals surface area contributed by atoms with E-state index in [2.05, 4.69) is 17.3 Å². The van der Waals surface area contributed by atoms with Gasteiger partial charge in [-0.1, -0.05) is 19.8 Å². The fourth-order valence-corrected chi connectivity index (χ4v) is 1.89. The summed E-state index contributed by atoms with van der Waals surface area (Å²) in [6.07, 6.45) is 4.56. The molecule has 18 heavy (non-hydrogen) atoms. The summed E-state index contributed by atoms with van der Waals surface area (Å²) in [5.41, 5.74) is 7.94. The SMILES string of the molecule is CCCC[C@H](N)C(=O)NC(C)c1cnn(C)c1C. The van der Waals surface area contributed by atoms with E-state index in [9.17, 15) is 4.79 Å². The Kier molecular flexibility index (Phi) is 5.34. The Morgan fingerprint density at radius 2 is 2.28 bits per heavy atom. The standard InChI is InChI=1S/C13H24N4O/c1-5-6-7-12(14)13(18)16-9(2)11-8-15-17(4)10(11)3/h8-9,12H,5-7,14H2,1-4H3,(H,16,18)/t9?,12-/m0/s1. The zero-order chi connectivity index (χ0) is 13.7. The predicted molar refractivity (Wildman–Crippen MR) is 72.0 cm³/mol. The number of hydrogen-bond acceptors (Lipinski definition) is 3. The Morgan fingerprint density at radius 1 is 1.61 bits per heavy atom. The van der Waals surface area contributed by atoms with Crippen molar-refractivity contribution in [3.05, 3.63) is 17.5 Å². The summed E-state index contributed by atoms with van der Waals surface area (Å²) in [5, 5.41) is 7.11. The smallest absolute Gasteiger partial charge is 0.237 e. The molecule has 0 saturated carbocycles. The highest BCUT2D eigenvalue weighted by Gasteiger charge is 2.18. The number of hydrogen-bond donors (Lipinski definition) is 2. The van der Waals surface area contributed by atoms with Crippen LogP contribution in [0.2, 0.25) is 0 Å². The summed E-state index contributed by atoms with van der Waals surface area (Å²) in [6, 6.07) is -0.469. The summed E-state index contributed by atoms with van der Waals surface area (Å²) < 4.78 is 1.80. The molecule has 0 radical (unpaired) electrons. The van der Waals surface area contributed by atoms with Crippen LogP contribution in [-0.2, 0) is 11.8 Å². The van der Waals surface area contributed by atoms with E-state index in [1.165, 1.54) is 0 Å². The van der Waals surface area contributed by atoms with Gasteiger partial charge in [0.15, 0.2) is 0 Å². The molecule has 0 spiro atoms. The largest absolute Gasteiger partial charge is 0.348 e. The molecular formula is C13H24N4O. The van der Waals surface area contributed by atoms with E-state index in [1.807, 2.05) is 20.9 Å². The Balaban J connectivity index is 2.56. The van der Waals surface area contributed by atoms with Crippen LogP contribution in [0.15, 0.2) is 6.20 Å². The number of amides is 1. The van der Waals surface area contributed by atoms with Crippen molar-refractivity contribution in [2.24, 2.45) is 12.8 Å². The van der Waals surface area contributed by atoms with Gasteiger partial charge in [0, 0.05) is 18.3 Å². The van der Waals surface area contributed by atoms with Crippen LogP contribution in [0.25, 0.3) is 0 Å². The summed E-state index contributed by atoms with van der Waals surface area (Å²) in [5.74, 6) is -0.0841. The zero-order valence-corrected chi connectivity index (χ0v) is 11.7. The minimum absolute atomic E-state index is 0.0566. The van der Waals surface area contributed by atoms with E-state index in [-0.39, 0.29) is 11.9 Å². The number of carbonyl (C=O) groups is 1. The minimum Gasteiger partial charge on any atom is -0.348 e. The number of nitrogens with zero attached hydrogens (tertiary/aromatic N) is 2. The van der Waals surface area contributed by atoms with Crippen molar-refractivity contribution < 1.29 is 4.79 Å². The number of aryl methyl sites for hydroxylation is 1. The highest BCUT2D eigenvalue weighted by molar-refractivity contribution is 5.81. The van der Waals surface area contributed by atoms with Gasteiger partial charge in [-0.15, -0.1) is 0 Å². The third kappa shape index (κ3) is 3.57. The monoisotopic (exact) mass is 252 g/mol. The lowest BCUT2D eigenvalue weighted by atomic mass is 10.1. The van der Waals surface area contributed by atoms with Crippen LogP contribution < -0.4 is 11.1 Å². The normalized spacial score (nSPS) is 14.3. The molecule has 2 atom stereocenters. The molecule has 1 aromatic rings. The second-order valence-corrected chi connectivity index (χ2v) is 4.79. The first-order valence-corrected chi connectivity index (χ1v) is 6.51. The Bertz CT molecular complexity index is 400. The van der Waals surface area contributed by atoms with Crippen molar-refractivity contribution >= 4 is 5.91 Å². The van der Waals surface area contributed by atoms with Gasteiger partial charge in [-0.25, -0.2) is 0 Å². The van der Waals surface area contributed by atoms with E-state index in [0.29, 0.717) is 0 Å². The highest BCUT2D eigenvalue weighted by atomic mass is 16.2. The van der Waals surface area contributed by atoms with Crippen LogP contribution in [0.1, 0.15) is 50.4 Å². The quantitative estimate of drug-likeness (QED) is 0.804. The van der Waals surface area contributed by atoms with E-state index >= 15 is 0 Å². The number of nitrogens with two attached hydrogens (primary N) is 1. The molecule has 1 unspecified atom stereocenters. The van der Waals surface area contributed by atoms with Crippen LogP contribution in [0.5, 0.6) is 0 Å². The van der Waals surface area contributed by atoms with Crippen molar-refractivity contribution in [2.45, 2.75) is 52.1 Å². The number of aromatic nitrogens is 2. The maximum absolute atomic E-state index is 11.9. The molecular weight excluding hydrogens is 228 g/mol. The molecule has 0 aliphatic carbocycles. The fraction of sp³-hybridized carbons (Fsp3) is 0.692. The first kappa shape index (κ1) is 14.7. The first-order valence-electron chi connectivity index (χ1n) is 6.51. The number of unbranched alkanes of at least 4 members (excludes halogenated alkanes) is 1. The molecule has 1 aromatic heterocycles. The van der Waals surface area contributed by atoms with Crippen molar-refractivity contribution in [1.82, 2.24) is 15.1 Å². The van der Waals surface area contributed by atoms with Gasteiger partial charge in [-0.3, -0.25) is 9.48 Å². The second-order valence-electron chi connectivity index (χ2n) is 4.79. The molecule has 0 aromatic carbocycles. The minimum atomic E-state index is -0.413. The molecule has 1 amide bonds. The summed E-state index contributed by atoms with van der Waals surface area (Å²) in [6.45, 7) is 6.03. The fourth-order valence-electron chi connectivity index (χ4n) is 1.89. The van der Waals surface area contributed by atoms with Gasteiger partial charge >= 0.3 is 0 Å². The van der Waals surface area contributed by atoms with Gasteiger partial charge in [0.25, 0.3) is 0 Å². The maximum atomic E-state index is 11.9. The van der Waals surface area contributed by atoms with Gasteiger partial charge in [-0.2, -0.15) is 5.10 Å². The lowest BCUT2D eigenvalue weighted by Gasteiger charge is -2.17. The second kappa shape index (κ2) is 6.54. The molecule has 0 aliphatic heterocycles. The zero-order valence-electron chi connectivity index (χ0n) is 11.7. The lowest BCUT2D eigenvalue weighted by molar-refractivity contribution is -0.123. The lowest BCUT2D eigenvalue weighted by Crippen LogP contribution is -2.41. The van der Waals surface area contributed by atoms with Crippen molar-refractivity contribution in [1.29, 1.82) is 0 Å². The molecule has 0 fully saturated rings. The van der Waals surface area contributed by atoms with E-state index in [1.54, 1.807) is 10.9 Å². The molecule has 1 rings (SSSR count). The number of carbonyl (C=O) groups excluding carboxylic acids is 1. The van der Waals surface area contributed by atoms with Crippen LogP contribution in [0.3, 0.4) is 0 Å². The van der Waals surface area contributed by atoms with Gasteiger partial charge in [0.1, 0.15) is 0 Å². The molecule has 5 nitrogen and oxygen atoms in total. The van der Waals surface area contributed by atoms with Crippen molar-refractivity contribution in [2.75, 3.05) is 0 Å². The van der Waals surface area contributed by atoms with Crippen molar-refractivity contribution in [3.8, 4) is 0 Å². The van der Waals surface area contributed by atoms with E-state index in [4.69, 9.17) is 5.73 Å². The first-order chi connectivity index (χ1) is 8.47. The number of nitrogens with one attached hydrogen (secondary N) is 1. The molecule has 3 N–H and O–H groups in total. The van der Waals surface area contributed by atoms with E-state index < -0.39 is 6.04 Å². The molecule has 5 heteroatoms. The average Bonchev–Trinajstić information content (AvgIpc) is 2.66. The van der Waals surface area contributed by atoms with Gasteiger partial charge in [-0.05, 0) is 20.3 Å². The predicted octanol–water partition coefficient (Wildman–Crippen LogP) is 1.42. The third-order valence-corrected chi connectivity index (χ3v) is 3.30. The van der Waals surface area contributed by atoms with Crippen LogP contribution in [0, 0.1) is 6.92 Å². The van der Waals surface area contributed by atoms with Gasteiger partial charge < -0.3 is 11.1 Å². The Labute approximate surface area is 109 Å². The highest BCUT2D eigenvalue weighted by Crippen LogP contribution is 2.16. The summed E-state index contributed by atoms with van der Waals surface area (Å²) in [7, 11) is 1.89. The van der Waals surface area contributed by atoms with Crippen LogP contribution in [0.4, 0.5) is 0 Å². The Hall–Kier alpha value is -1.36. The average molecular weight is 252 g/mol. The van der Waals surface area contributed by atoms with Gasteiger partial charge in [0.05, 0.1) is 18.3 Å². The summed E-state index contributed by atoms with van der Waals surface area (Å²) >= 11 is 0.